The van der Waals surface area contributed by atoms with E-state index in [1.54, 1.807) is 54.6 Å². The fraction of sp³-hybridized carbons (Fsp3) is 0.281. The smallest absolute Gasteiger partial charge is 0.308 e. The van der Waals surface area contributed by atoms with Gasteiger partial charge in [-0.25, -0.2) is 0 Å². The number of ether oxygens (including phenoxy) is 2. The van der Waals surface area contributed by atoms with Crippen LogP contribution >= 0.6 is 0 Å². The highest BCUT2D eigenvalue weighted by Crippen LogP contribution is 2.43. The third kappa shape index (κ3) is 5.58. The minimum atomic E-state index is -0.891. The molecular weight excluding hydrogens is 494 g/mol. The van der Waals surface area contributed by atoms with Gasteiger partial charge in [-0.05, 0) is 78.4 Å². The molecule has 1 aliphatic heterocycles. The van der Waals surface area contributed by atoms with Crippen LogP contribution in [-0.4, -0.2) is 29.4 Å². The Morgan fingerprint density at radius 1 is 0.974 bits per heavy atom. The van der Waals surface area contributed by atoms with Gasteiger partial charge in [0.1, 0.15) is 17.3 Å². The van der Waals surface area contributed by atoms with Crippen molar-refractivity contribution in [2.45, 2.75) is 53.0 Å². The quantitative estimate of drug-likeness (QED) is 0.121. The summed E-state index contributed by atoms with van der Waals surface area (Å²) >= 11 is 0. The van der Waals surface area contributed by atoms with Crippen molar-refractivity contribution in [1.29, 1.82) is 0 Å². The summed E-state index contributed by atoms with van der Waals surface area (Å²) in [7, 11) is 0. The maximum atomic E-state index is 13.5. The minimum absolute atomic E-state index is 0.0151. The van der Waals surface area contributed by atoms with Gasteiger partial charge in [-0.3, -0.25) is 19.3 Å². The first kappa shape index (κ1) is 27.6. The second kappa shape index (κ2) is 11.6. The Bertz CT molecular complexity index is 1420. The van der Waals surface area contributed by atoms with Crippen molar-refractivity contribution < 1.29 is 29.0 Å². The molecule has 0 radical (unpaired) electrons. The number of carbonyl (C=O) groups excluding carboxylic acids is 3. The lowest BCUT2D eigenvalue weighted by Crippen LogP contribution is -2.29. The van der Waals surface area contributed by atoms with E-state index in [0.717, 1.165) is 17.5 Å². The third-order valence-corrected chi connectivity index (χ3v) is 6.73. The Morgan fingerprint density at radius 2 is 1.64 bits per heavy atom. The highest BCUT2D eigenvalue weighted by Gasteiger charge is 2.47. The Labute approximate surface area is 228 Å². The number of esters is 1. The number of benzene rings is 3. The standard InChI is InChI=1S/C32H33NO6/c1-6-21-8-13-24(14-9-21)33-29(22-10-15-25(16-11-22)39-20(5)34)28(31(36)32(33)37)30(35)23-12-17-27(38-7-2)26(18-23)19(3)4/h8-19,29,35H,6-7H2,1-5H3/b30-28-. The van der Waals surface area contributed by atoms with E-state index in [-0.39, 0.29) is 17.3 Å². The second-order valence-corrected chi connectivity index (χ2v) is 9.69. The summed E-state index contributed by atoms with van der Waals surface area (Å²) in [5.41, 5.74) is 3.50. The molecule has 1 amide bonds. The molecule has 39 heavy (non-hydrogen) atoms. The van der Waals surface area contributed by atoms with Crippen LogP contribution in [0.4, 0.5) is 5.69 Å². The molecule has 0 aliphatic carbocycles. The number of amides is 1. The van der Waals surface area contributed by atoms with Crippen LogP contribution in [0.3, 0.4) is 0 Å². The maximum Gasteiger partial charge on any atom is 0.308 e. The molecule has 1 N–H and O–H groups in total. The molecule has 0 saturated carbocycles. The summed E-state index contributed by atoms with van der Waals surface area (Å²) < 4.78 is 10.9. The van der Waals surface area contributed by atoms with Crippen molar-refractivity contribution in [2.24, 2.45) is 0 Å². The first-order chi connectivity index (χ1) is 18.7. The molecule has 3 aromatic rings. The van der Waals surface area contributed by atoms with E-state index in [4.69, 9.17) is 9.47 Å². The van der Waals surface area contributed by atoms with Gasteiger partial charge in [-0.1, -0.05) is 45.0 Å². The van der Waals surface area contributed by atoms with Gasteiger partial charge in [0.15, 0.2) is 0 Å². The molecule has 4 rings (SSSR count). The highest BCUT2D eigenvalue weighted by atomic mass is 16.5. The number of hydrogen-bond donors (Lipinski definition) is 1. The molecular formula is C32H33NO6. The van der Waals surface area contributed by atoms with Crippen molar-refractivity contribution in [2.75, 3.05) is 11.5 Å². The summed E-state index contributed by atoms with van der Waals surface area (Å²) in [5.74, 6) is -1.09. The molecule has 0 aromatic heterocycles. The van der Waals surface area contributed by atoms with Crippen LogP contribution in [0.25, 0.3) is 5.76 Å². The third-order valence-electron chi connectivity index (χ3n) is 6.73. The summed E-state index contributed by atoms with van der Waals surface area (Å²) in [4.78, 5) is 39.8. The van der Waals surface area contributed by atoms with Crippen LogP contribution in [0.15, 0.2) is 72.3 Å². The lowest BCUT2D eigenvalue weighted by Gasteiger charge is -2.26. The molecule has 1 aliphatic rings. The van der Waals surface area contributed by atoms with E-state index in [1.165, 1.54) is 11.8 Å². The van der Waals surface area contributed by atoms with Crippen LogP contribution in [0.5, 0.6) is 11.5 Å². The van der Waals surface area contributed by atoms with Gasteiger partial charge in [0.05, 0.1) is 18.2 Å². The number of carbonyl (C=O) groups is 3. The maximum absolute atomic E-state index is 13.5. The van der Waals surface area contributed by atoms with Crippen molar-refractivity contribution >= 4 is 29.1 Å². The van der Waals surface area contributed by atoms with Crippen LogP contribution in [0.1, 0.15) is 68.8 Å². The van der Waals surface area contributed by atoms with Crippen molar-refractivity contribution in [3.8, 4) is 11.5 Å². The minimum Gasteiger partial charge on any atom is -0.507 e. The molecule has 1 unspecified atom stereocenters. The average molecular weight is 528 g/mol. The summed E-state index contributed by atoms with van der Waals surface area (Å²) in [6, 6.07) is 18.4. The van der Waals surface area contributed by atoms with Gasteiger partial charge in [0.2, 0.25) is 0 Å². The Hall–Kier alpha value is -4.39. The van der Waals surface area contributed by atoms with E-state index in [0.29, 0.717) is 34.9 Å². The van der Waals surface area contributed by atoms with Crippen molar-refractivity contribution in [3.63, 3.8) is 0 Å². The summed E-state index contributed by atoms with van der Waals surface area (Å²) in [6.45, 7) is 9.78. The average Bonchev–Trinajstić information content (AvgIpc) is 3.18. The number of nitrogens with zero attached hydrogens (tertiary/aromatic N) is 1. The van der Waals surface area contributed by atoms with Crippen molar-refractivity contribution in [1.82, 2.24) is 0 Å². The molecule has 0 spiro atoms. The fourth-order valence-electron chi connectivity index (χ4n) is 4.78. The Kier molecular flexibility index (Phi) is 8.19. The van der Waals surface area contributed by atoms with Gasteiger partial charge in [-0.15, -0.1) is 0 Å². The van der Waals surface area contributed by atoms with Gasteiger partial charge in [0, 0.05) is 18.2 Å². The largest absolute Gasteiger partial charge is 0.507 e. The van der Waals surface area contributed by atoms with Gasteiger partial charge < -0.3 is 14.6 Å². The van der Waals surface area contributed by atoms with Crippen LogP contribution in [-0.2, 0) is 20.8 Å². The lowest BCUT2D eigenvalue weighted by molar-refractivity contribution is -0.132. The molecule has 0 bridgehead atoms. The van der Waals surface area contributed by atoms with Gasteiger partial charge >= 0.3 is 5.97 Å². The Morgan fingerprint density at radius 3 is 2.21 bits per heavy atom. The molecule has 1 fully saturated rings. The van der Waals surface area contributed by atoms with Gasteiger partial charge in [-0.2, -0.15) is 0 Å². The predicted molar refractivity (Wildman–Crippen MR) is 150 cm³/mol. The first-order valence-corrected chi connectivity index (χ1v) is 13.1. The number of aliphatic hydroxyl groups is 1. The molecule has 3 aromatic carbocycles. The van der Waals surface area contributed by atoms with E-state index in [2.05, 4.69) is 0 Å². The normalized spacial score (nSPS) is 16.6. The molecule has 1 atom stereocenters. The lowest BCUT2D eigenvalue weighted by atomic mass is 9.93. The second-order valence-electron chi connectivity index (χ2n) is 9.69. The van der Waals surface area contributed by atoms with E-state index in [1.807, 2.05) is 39.8 Å². The monoisotopic (exact) mass is 527 g/mol. The molecule has 1 heterocycles. The number of ketones is 1. The first-order valence-electron chi connectivity index (χ1n) is 13.1. The van der Waals surface area contributed by atoms with E-state index < -0.39 is 23.7 Å². The molecule has 7 heteroatoms. The van der Waals surface area contributed by atoms with E-state index >= 15 is 0 Å². The zero-order valence-corrected chi connectivity index (χ0v) is 22.9. The number of Topliss-reactive ketones (excluding diaryl/α,β-unsaturated/α-hetero) is 1. The molecule has 1 saturated heterocycles. The highest BCUT2D eigenvalue weighted by molar-refractivity contribution is 6.51. The number of rotatable bonds is 8. The van der Waals surface area contributed by atoms with Crippen LogP contribution in [0, 0.1) is 0 Å². The summed E-state index contributed by atoms with van der Waals surface area (Å²) in [6.07, 6.45) is 0.829. The SMILES string of the molecule is CCOc1ccc(/C(O)=C2/C(=O)C(=O)N(c3ccc(CC)cc3)C2c2ccc(OC(C)=O)cc2)cc1C(C)C. The summed E-state index contributed by atoms with van der Waals surface area (Å²) in [5, 5.41) is 11.6. The molecule has 7 nitrogen and oxygen atoms in total. The molecule has 202 valence electrons. The van der Waals surface area contributed by atoms with Crippen LogP contribution < -0.4 is 14.4 Å². The number of aliphatic hydroxyl groups excluding tert-OH is 1. The number of hydrogen-bond acceptors (Lipinski definition) is 6. The zero-order valence-electron chi connectivity index (χ0n) is 22.9. The number of anilines is 1. The van der Waals surface area contributed by atoms with Crippen molar-refractivity contribution in [3.05, 3.63) is 94.6 Å². The zero-order chi connectivity index (χ0) is 28.3. The van der Waals surface area contributed by atoms with Gasteiger partial charge in [0.25, 0.3) is 11.7 Å². The Balaban J connectivity index is 1.89. The number of aryl methyl sites for hydroxylation is 1. The fourth-order valence-corrected chi connectivity index (χ4v) is 4.78. The van der Waals surface area contributed by atoms with E-state index in [9.17, 15) is 19.5 Å². The topological polar surface area (TPSA) is 93.1 Å². The van der Waals surface area contributed by atoms with Crippen LogP contribution in [0.2, 0.25) is 0 Å². The predicted octanol–water partition coefficient (Wildman–Crippen LogP) is 6.32.